The van der Waals surface area contributed by atoms with Crippen LogP contribution in [0.15, 0.2) is 6.20 Å². The fourth-order valence-electron chi connectivity index (χ4n) is 2.22. The molecule has 0 unspecified atom stereocenters. The molecule has 0 atom stereocenters. The lowest BCUT2D eigenvalue weighted by Gasteiger charge is -2.17. The first-order valence-corrected chi connectivity index (χ1v) is 6.24. The van der Waals surface area contributed by atoms with Crippen LogP contribution in [-0.2, 0) is 13.0 Å². The van der Waals surface area contributed by atoms with Crippen LogP contribution in [0.1, 0.15) is 16.1 Å². The molecule has 1 aliphatic heterocycles. The van der Waals surface area contributed by atoms with Crippen LogP contribution >= 0.6 is 11.6 Å². The molecule has 1 aliphatic rings. The van der Waals surface area contributed by atoms with Crippen LogP contribution in [0, 0.1) is 0 Å². The van der Waals surface area contributed by atoms with Gasteiger partial charge in [0.1, 0.15) is 0 Å². The second kappa shape index (κ2) is 4.13. The number of nitrogens with zero attached hydrogens (tertiary/aromatic N) is 3. The predicted molar refractivity (Wildman–Crippen MR) is 68.7 cm³/mol. The largest absolute Gasteiger partial charge is 0.397 e. The molecule has 6 nitrogen and oxygen atoms in total. The van der Waals surface area contributed by atoms with Crippen molar-refractivity contribution in [3.63, 3.8) is 0 Å². The van der Waals surface area contributed by atoms with Gasteiger partial charge in [-0.15, -0.1) is 11.6 Å². The van der Waals surface area contributed by atoms with Crippen LogP contribution in [0.4, 0.5) is 5.69 Å². The molecular formula is C11H12ClN5O. The molecule has 3 heterocycles. The number of aryl methyl sites for hydroxylation is 1. The Bertz CT molecular complexity index is 636. The summed E-state index contributed by atoms with van der Waals surface area (Å²) < 4.78 is 1.71. The zero-order valence-corrected chi connectivity index (χ0v) is 10.4. The lowest BCUT2D eigenvalue weighted by Crippen LogP contribution is -2.33. The molecule has 0 aliphatic carbocycles. The monoisotopic (exact) mass is 265 g/mol. The third kappa shape index (κ3) is 1.53. The zero-order valence-electron chi connectivity index (χ0n) is 9.61. The molecule has 0 fully saturated rings. The first kappa shape index (κ1) is 11.3. The van der Waals surface area contributed by atoms with E-state index in [1.807, 2.05) is 0 Å². The molecule has 7 heteroatoms. The van der Waals surface area contributed by atoms with Gasteiger partial charge in [0, 0.05) is 18.8 Å². The molecule has 94 valence electrons. The number of rotatable bonds is 2. The smallest absolute Gasteiger partial charge is 0.255 e. The van der Waals surface area contributed by atoms with E-state index in [1.165, 1.54) is 0 Å². The van der Waals surface area contributed by atoms with E-state index in [0.29, 0.717) is 47.7 Å². The maximum absolute atomic E-state index is 11.8. The Balaban J connectivity index is 2.27. The first-order chi connectivity index (χ1) is 8.72. The van der Waals surface area contributed by atoms with Crippen molar-refractivity contribution in [2.24, 2.45) is 0 Å². The van der Waals surface area contributed by atoms with Crippen molar-refractivity contribution in [3.05, 3.63) is 17.5 Å². The van der Waals surface area contributed by atoms with Gasteiger partial charge in [-0.1, -0.05) is 0 Å². The molecule has 2 aromatic rings. The fraction of sp³-hybridized carbons (Fsp3) is 0.364. The lowest BCUT2D eigenvalue weighted by atomic mass is 10.0. The Labute approximate surface area is 108 Å². The second-order valence-corrected chi connectivity index (χ2v) is 4.53. The molecule has 0 radical (unpaired) electrons. The number of pyridine rings is 1. The van der Waals surface area contributed by atoms with Gasteiger partial charge in [-0.25, -0.2) is 9.67 Å². The number of nitrogen functional groups attached to an aromatic ring is 1. The molecule has 0 aromatic carbocycles. The van der Waals surface area contributed by atoms with E-state index in [-0.39, 0.29) is 5.91 Å². The summed E-state index contributed by atoms with van der Waals surface area (Å²) in [6, 6.07) is 0. The maximum Gasteiger partial charge on any atom is 0.255 e. The third-order valence-corrected chi connectivity index (χ3v) is 3.24. The minimum Gasteiger partial charge on any atom is -0.397 e. The second-order valence-electron chi connectivity index (χ2n) is 4.15. The summed E-state index contributed by atoms with van der Waals surface area (Å²) in [4.78, 5) is 16.3. The maximum atomic E-state index is 11.8. The molecule has 0 bridgehead atoms. The van der Waals surface area contributed by atoms with E-state index in [0.717, 1.165) is 5.69 Å². The average Bonchev–Trinajstić information content (AvgIpc) is 2.74. The Morgan fingerprint density at radius 1 is 1.56 bits per heavy atom. The Hall–Kier alpha value is -1.82. The van der Waals surface area contributed by atoms with Gasteiger partial charge in [0.15, 0.2) is 5.65 Å². The third-order valence-electron chi connectivity index (χ3n) is 3.07. The summed E-state index contributed by atoms with van der Waals surface area (Å²) in [6.07, 6.45) is 2.32. The Morgan fingerprint density at radius 2 is 2.39 bits per heavy atom. The summed E-state index contributed by atoms with van der Waals surface area (Å²) >= 11 is 5.72. The minimum atomic E-state index is -0.159. The quantitative estimate of drug-likeness (QED) is 0.776. The van der Waals surface area contributed by atoms with Gasteiger partial charge in [0.05, 0.1) is 35.1 Å². The highest BCUT2D eigenvalue weighted by Gasteiger charge is 2.24. The number of carbonyl (C=O) groups is 1. The van der Waals surface area contributed by atoms with Gasteiger partial charge in [-0.2, -0.15) is 5.10 Å². The van der Waals surface area contributed by atoms with Gasteiger partial charge >= 0.3 is 0 Å². The number of fused-ring (bicyclic) bond motifs is 2. The van der Waals surface area contributed by atoms with Crippen molar-refractivity contribution in [2.75, 3.05) is 18.2 Å². The van der Waals surface area contributed by atoms with Gasteiger partial charge in [-0.05, 0) is 0 Å². The first-order valence-electron chi connectivity index (χ1n) is 5.70. The molecule has 2 aromatic heterocycles. The minimum absolute atomic E-state index is 0.159. The number of aromatic nitrogens is 3. The van der Waals surface area contributed by atoms with E-state index in [4.69, 9.17) is 17.3 Å². The molecule has 0 spiro atoms. The highest BCUT2D eigenvalue weighted by atomic mass is 35.5. The highest BCUT2D eigenvalue weighted by molar-refractivity contribution is 6.17. The zero-order chi connectivity index (χ0) is 12.7. The van der Waals surface area contributed by atoms with E-state index >= 15 is 0 Å². The number of nitrogens with one attached hydrogen (secondary N) is 1. The number of halogens is 1. The summed E-state index contributed by atoms with van der Waals surface area (Å²) in [5.41, 5.74) is 8.42. The predicted octanol–water partition coefficient (Wildman–Crippen LogP) is 0.538. The molecule has 3 rings (SSSR count). The Kier molecular flexibility index (Phi) is 2.59. The van der Waals surface area contributed by atoms with Crippen molar-refractivity contribution in [3.8, 4) is 0 Å². The number of alkyl halides is 1. The van der Waals surface area contributed by atoms with Gasteiger partial charge in [0.2, 0.25) is 0 Å². The summed E-state index contributed by atoms with van der Waals surface area (Å²) in [7, 11) is 0. The topological polar surface area (TPSA) is 85.8 Å². The number of carbonyl (C=O) groups excluding carboxylic acids is 1. The van der Waals surface area contributed by atoms with Gasteiger partial charge in [0.25, 0.3) is 5.91 Å². The van der Waals surface area contributed by atoms with Crippen LogP contribution in [0.3, 0.4) is 0 Å². The number of amides is 1. The molecule has 18 heavy (non-hydrogen) atoms. The van der Waals surface area contributed by atoms with Crippen molar-refractivity contribution >= 4 is 34.2 Å². The van der Waals surface area contributed by atoms with Crippen molar-refractivity contribution < 1.29 is 4.79 Å². The molecule has 0 saturated heterocycles. The van der Waals surface area contributed by atoms with Crippen molar-refractivity contribution in [2.45, 2.75) is 13.0 Å². The molecular weight excluding hydrogens is 254 g/mol. The Morgan fingerprint density at radius 3 is 3.17 bits per heavy atom. The van der Waals surface area contributed by atoms with Crippen LogP contribution in [0.25, 0.3) is 11.0 Å². The lowest BCUT2D eigenvalue weighted by molar-refractivity contribution is 0.0946. The van der Waals surface area contributed by atoms with E-state index in [9.17, 15) is 4.79 Å². The summed E-state index contributed by atoms with van der Waals surface area (Å²) in [6.45, 7) is 1.16. The van der Waals surface area contributed by atoms with E-state index < -0.39 is 0 Å². The SMILES string of the molecule is Nc1c2c(nc3c1cnn3CCCl)CCNC2=O. The number of hydrogen-bond donors (Lipinski definition) is 2. The number of hydrogen-bond acceptors (Lipinski definition) is 4. The van der Waals surface area contributed by atoms with Crippen molar-refractivity contribution in [1.82, 2.24) is 20.1 Å². The van der Waals surface area contributed by atoms with E-state index in [2.05, 4.69) is 15.4 Å². The molecule has 3 N–H and O–H groups in total. The van der Waals surface area contributed by atoms with Crippen molar-refractivity contribution in [1.29, 1.82) is 0 Å². The van der Waals surface area contributed by atoms with Crippen LogP contribution in [0.5, 0.6) is 0 Å². The van der Waals surface area contributed by atoms with Gasteiger partial charge < -0.3 is 11.1 Å². The van der Waals surface area contributed by atoms with Crippen LogP contribution in [0.2, 0.25) is 0 Å². The van der Waals surface area contributed by atoms with Gasteiger partial charge in [-0.3, -0.25) is 4.79 Å². The fourth-order valence-corrected chi connectivity index (χ4v) is 2.38. The standard InChI is InChI=1S/C11H12ClN5O/c12-2-4-17-10-6(5-15-17)9(13)8-7(16-10)1-3-14-11(8)18/h5H,1-4H2,(H2,13,16)(H,14,18). The number of nitrogens with two attached hydrogens (primary N) is 1. The summed E-state index contributed by atoms with van der Waals surface area (Å²) in [5, 5.41) is 7.67. The normalized spacial score (nSPS) is 14.6. The molecule has 0 saturated carbocycles. The number of anilines is 1. The van der Waals surface area contributed by atoms with Crippen LogP contribution < -0.4 is 11.1 Å². The average molecular weight is 266 g/mol. The summed E-state index contributed by atoms with van der Waals surface area (Å²) in [5.74, 6) is 0.295. The van der Waals surface area contributed by atoms with E-state index in [1.54, 1.807) is 10.9 Å². The highest BCUT2D eigenvalue weighted by Crippen LogP contribution is 2.27. The molecule has 1 amide bonds. The van der Waals surface area contributed by atoms with Crippen LogP contribution in [-0.4, -0.2) is 33.1 Å².